The molecule has 0 aliphatic heterocycles. The standard InChI is InChI=1S/C15H14ClNO3S/c1-21(19,20)14-4-2-3-12(9-14)15(18)17-10-11-5-7-13(16)8-6-11/h2-9H,10H2,1H3,(H,17,18). The molecule has 0 fully saturated rings. The number of hydrogen-bond donors (Lipinski definition) is 1. The molecule has 0 atom stereocenters. The zero-order chi connectivity index (χ0) is 15.5. The van der Waals surface area contributed by atoms with E-state index < -0.39 is 9.84 Å². The zero-order valence-corrected chi connectivity index (χ0v) is 12.9. The van der Waals surface area contributed by atoms with Crippen molar-refractivity contribution < 1.29 is 13.2 Å². The van der Waals surface area contributed by atoms with Gasteiger partial charge in [-0.25, -0.2) is 8.42 Å². The number of carbonyl (C=O) groups is 1. The maximum atomic E-state index is 12.0. The lowest BCUT2D eigenvalue weighted by molar-refractivity contribution is 0.0950. The van der Waals surface area contributed by atoms with Gasteiger partial charge >= 0.3 is 0 Å². The summed E-state index contributed by atoms with van der Waals surface area (Å²) in [7, 11) is -3.33. The average molecular weight is 324 g/mol. The Balaban J connectivity index is 2.08. The van der Waals surface area contributed by atoms with E-state index in [0.29, 0.717) is 17.1 Å². The molecule has 2 aromatic rings. The summed E-state index contributed by atoms with van der Waals surface area (Å²) in [5.41, 5.74) is 1.22. The summed E-state index contributed by atoms with van der Waals surface area (Å²) < 4.78 is 22.9. The molecular formula is C15H14ClNO3S. The summed E-state index contributed by atoms with van der Waals surface area (Å²) in [5.74, 6) is -0.324. The largest absolute Gasteiger partial charge is 0.348 e. The molecule has 0 saturated carbocycles. The van der Waals surface area contributed by atoms with E-state index in [9.17, 15) is 13.2 Å². The zero-order valence-electron chi connectivity index (χ0n) is 11.3. The van der Waals surface area contributed by atoms with Gasteiger partial charge in [-0.05, 0) is 35.9 Å². The van der Waals surface area contributed by atoms with E-state index in [2.05, 4.69) is 5.32 Å². The Morgan fingerprint density at radius 1 is 1.14 bits per heavy atom. The lowest BCUT2D eigenvalue weighted by Gasteiger charge is -2.07. The topological polar surface area (TPSA) is 63.2 Å². The van der Waals surface area contributed by atoms with Crippen LogP contribution in [-0.2, 0) is 16.4 Å². The van der Waals surface area contributed by atoms with Crippen molar-refractivity contribution in [3.05, 3.63) is 64.7 Å². The van der Waals surface area contributed by atoms with Crippen LogP contribution in [0.25, 0.3) is 0 Å². The van der Waals surface area contributed by atoms with Crippen molar-refractivity contribution in [3.8, 4) is 0 Å². The van der Waals surface area contributed by atoms with Gasteiger partial charge < -0.3 is 5.32 Å². The van der Waals surface area contributed by atoms with E-state index in [1.54, 1.807) is 24.3 Å². The molecule has 0 aromatic heterocycles. The fraction of sp³-hybridized carbons (Fsp3) is 0.133. The van der Waals surface area contributed by atoms with Crippen LogP contribution in [0.1, 0.15) is 15.9 Å². The van der Waals surface area contributed by atoms with Crippen LogP contribution in [0, 0.1) is 0 Å². The maximum absolute atomic E-state index is 12.0. The van der Waals surface area contributed by atoms with E-state index in [4.69, 9.17) is 11.6 Å². The third kappa shape index (κ3) is 4.31. The summed E-state index contributed by atoms with van der Waals surface area (Å²) in [6, 6.07) is 13.1. The highest BCUT2D eigenvalue weighted by Gasteiger charge is 2.11. The van der Waals surface area contributed by atoms with Crippen LogP contribution in [0.5, 0.6) is 0 Å². The Bertz CT molecular complexity index is 755. The second-order valence-corrected chi connectivity index (χ2v) is 7.06. The van der Waals surface area contributed by atoms with Gasteiger partial charge in [0.2, 0.25) is 0 Å². The van der Waals surface area contributed by atoms with Crippen LogP contribution in [0.2, 0.25) is 5.02 Å². The summed E-state index contributed by atoms with van der Waals surface area (Å²) in [6.07, 6.45) is 1.11. The quantitative estimate of drug-likeness (QED) is 0.941. The van der Waals surface area contributed by atoms with Gasteiger partial charge in [-0.2, -0.15) is 0 Å². The fourth-order valence-corrected chi connectivity index (χ4v) is 2.55. The Labute approximate surface area is 128 Å². The fourth-order valence-electron chi connectivity index (χ4n) is 1.75. The summed E-state index contributed by atoms with van der Waals surface area (Å²) in [6.45, 7) is 0.346. The SMILES string of the molecule is CS(=O)(=O)c1cccc(C(=O)NCc2ccc(Cl)cc2)c1. The van der Waals surface area contributed by atoms with Crippen LogP contribution in [0.15, 0.2) is 53.4 Å². The highest BCUT2D eigenvalue weighted by atomic mass is 35.5. The van der Waals surface area contributed by atoms with Gasteiger partial charge in [-0.3, -0.25) is 4.79 Å². The van der Waals surface area contributed by atoms with Crippen molar-refractivity contribution in [2.75, 3.05) is 6.26 Å². The van der Waals surface area contributed by atoms with E-state index in [-0.39, 0.29) is 10.8 Å². The second-order valence-electron chi connectivity index (χ2n) is 4.61. The van der Waals surface area contributed by atoms with Gasteiger partial charge in [0, 0.05) is 23.4 Å². The normalized spacial score (nSPS) is 11.1. The molecule has 21 heavy (non-hydrogen) atoms. The predicted molar refractivity (Wildman–Crippen MR) is 82.2 cm³/mol. The molecule has 0 bridgehead atoms. The Morgan fingerprint density at radius 2 is 1.81 bits per heavy atom. The number of benzene rings is 2. The number of sulfone groups is 1. The lowest BCUT2D eigenvalue weighted by Crippen LogP contribution is -2.22. The van der Waals surface area contributed by atoms with Gasteiger partial charge in [0.15, 0.2) is 9.84 Å². The number of nitrogens with one attached hydrogen (secondary N) is 1. The third-order valence-corrected chi connectivity index (χ3v) is 4.25. The van der Waals surface area contributed by atoms with E-state index in [1.165, 1.54) is 12.1 Å². The lowest BCUT2D eigenvalue weighted by atomic mass is 10.2. The molecule has 4 nitrogen and oxygen atoms in total. The van der Waals surface area contributed by atoms with Crippen molar-refractivity contribution in [3.63, 3.8) is 0 Å². The number of carbonyl (C=O) groups excluding carboxylic acids is 1. The van der Waals surface area contributed by atoms with Crippen LogP contribution in [0.4, 0.5) is 0 Å². The monoisotopic (exact) mass is 323 g/mol. The molecule has 0 aliphatic rings. The van der Waals surface area contributed by atoms with Crippen molar-refractivity contribution in [1.82, 2.24) is 5.32 Å². The molecule has 2 rings (SSSR count). The van der Waals surface area contributed by atoms with E-state index >= 15 is 0 Å². The van der Waals surface area contributed by atoms with Crippen LogP contribution in [0.3, 0.4) is 0 Å². The first-order valence-corrected chi connectivity index (χ1v) is 8.46. The first kappa shape index (κ1) is 15.5. The molecule has 0 spiro atoms. The van der Waals surface area contributed by atoms with E-state index in [0.717, 1.165) is 11.8 Å². The van der Waals surface area contributed by atoms with Gasteiger partial charge in [0.25, 0.3) is 5.91 Å². The minimum atomic E-state index is -3.33. The molecule has 0 aliphatic carbocycles. The molecule has 2 aromatic carbocycles. The van der Waals surface area contributed by atoms with Crippen LogP contribution >= 0.6 is 11.6 Å². The number of hydrogen-bond acceptors (Lipinski definition) is 3. The Morgan fingerprint density at radius 3 is 2.43 bits per heavy atom. The van der Waals surface area contributed by atoms with Crippen LogP contribution < -0.4 is 5.32 Å². The molecule has 1 N–H and O–H groups in total. The van der Waals surface area contributed by atoms with Crippen molar-refractivity contribution in [2.45, 2.75) is 11.4 Å². The molecule has 0 radical (unpaired) electrons. The first-order valence-electron chi connectivity index (χ1n) is 6.19. The molecule has 110 valence electrons. The summed E-state index contributed by atoms with van der Waals surface area (Å²) in [5, 5.41) is 3.37. The molecule has 6 heteroatoms. The highest BCUT2D eigenvalue weighted by molar-refractivity contribution is 7.90. The number of amides is 1. The predicted octanol–water partition coefficient (Wildman–Crippen LogP) is 2.67. The molecule has 0 unspecified atom stereocenters. The second kappa shape index (κ2) is 6.28. The highest BCUT2D eigenvalue weighted by Crippen LogP contribution is 2.12. The molecule has 0 heterocycles. The number of rotatable bonds is 4. The minimum Gasteiger partial charge on any atom is -0.348 e. The number of halogens is 1. The van der Waals surface area contributed by atoms with Crippen LogP contribution in [-0.4, -0.2) is 20.6 Å². The summed E-state index contributed by atoms with van der Waals surface area (Å²) in [4.78, 5) is 12.2. The van der Waals surface area contributed by atoms with Gasteiger partial charge in [-0.1, -0.05) is 29.8 Å². The molecular weight excluding hydrogens is 310 g/mol. The molecule has 0 saturated heterocycles. The van der Waals surface area contributed by atoms with Gasteiger partial charge in [-0.15, -0.1) is 0 Å². The van der Waals surface area contributed by atoms with Crippen molar-refractivity contribution in [1.29, 1.82) is 0 Å². The first-order chi connectivity index (χ1) is 9.86. The van der Waals surface area contributed by atoms with Crippen molar-refractivity contribution >= 4 is 27.3 Å². The van der Waals surface area contributed by atoms with Gasteiger partial charge in [0.1, 0.15) is 0 Å². The van der Waals surface area contributed by atoms with Crippen molar-refractivity contribution in [2.24, 2.45) is 0 Å². The average Bonchev–Trinajstić information content (AvgIpc) is 2.45. The summed E-state index contributed by atoms with van der Waals surface area (Å²) >= 11 is 5.79. The Kier molecular flexibility index (Phi) is 4.65. The van der Waals surface area contributed by atoms with E-state index in [1.807, 2.05) is 12.1 Å². The van der Waals surface area contributed by atoms with Gasteiger partial charge in [0.05, 0.1) is 4.90 Å². The minimum absolute atomic E-state index is 0.127. The molecule has 1 amide bonds. The Hall–Kier alpha value is -1.85. The smallest absolute Gasteiger partial charge is 0.251 e. The third-order valence-electron chi connectivity index (χ3n) is 2.89. The maximum Gasteiger partial charge on any atom is 0.251 e.